The van der Waals surface area contributed by atoms with E-state index in [-0.39, 0.29) is 56.4 Å². The number of amides is 5. The van der Waals surface area contributed by atoms with Crippen molar-refractivity contribution in [2.45, 2.75) is 75.2 Å². The molecule has 0 saturated carbocycles. The number of rotatable bonds is 20. The number of aliphatic imine (C=N–C) groups is 1. The minimum atomic E-state index is -1.22. The first-order valence-electron chi connectivity index (χ1n) is 14.3. The molecule has 0 aromatic heterocycles. The molecule has 1 saturated heterocycles. The number of carbonyl (C=O) groups is 6. The third kappa shape index (κ3) is 13.1. The normalized spacial score (nSPS) is 17.0. The van der Waals surface area contributed by atoms with Gasteiger partial charge in [0.1, 0.15) is 30.2 Å². The first-order valence-corrected chi connectivity index (χ1v) is 15.6. The maximum atomic E-state index is 13.7. The number of hydrogen-bond donors (Lipinski definition) is 11. The summed E-state index contributed by atoms with van der Waals surface area (Å²) in [7, 11) is 0. The standard InChI is InChI=1S/C25H46N10O7S2/c26-8-2-1-5-15(24(41)42)33-21(38)17(13-44)34-22(39)18-7-4-10-35(18)23(40)14(6-3-9-30-25(28)29)32-20(37)16(12-43)31-19(36)11-27/h14-18,43-44H,1-13,26-27H2,(H,31,36)(H,32,37)(H,33,38)(H,34,39)(H,41,42)(H4,28,29,30). The summed E-state index contributed by atoms with van der Waals surface area (Å²) >= 11 is 8.25. The Labute approximate surface area is 267 Å². The monoisotopic (exact) mass is 662 g/mol. The van der Waals surface area contributed by atoms with Crippen molar-refractivity contribution in [2.24, 2.45) is 27.9 Å². The minimum absolute atomic E-state index is 0.0653. The zero-order chi connectivity index (χ0) is 33.2. The van der Waals surface area contributed by atoms with Crippen LogP contribution in [0.3, 0.4) is 0 Å². The molecule has 17 nitrogen and oxygen atoms in total. The lowest BCUT2D eigenvalue weighted by atomic mass is 10.1. The first kappa shape index (κ1) is 38.7. The van der Waals surface area contributed by atoms with E-state index in [1.165, 1.54) is 4.90 Å². The van der Waals surface area contributed by atoms with Crippen molar-refractivity contribution >= 4 is 66.7 Å². The molecule has 1 fully saturated rings. The quantitative estimate of drug-likeness (QED) is 0.0258. The Hall–Kier alpha value is -3.29. The Bertz CT molecular complexity index is 1030. The molecule has 1 aliphatic rings. The highest BCUT2D eigenvalue weighted by atomic mass is 32.1. The van der Waals surface area contributed by atoms with Crippen molar-refractivity contribution < 1.29 is 33.9 Å². The van der Waals surface area contributed by atoms with E-state index in [4.69, 9.17) is 22.9 Å². The van der Waals surface area contributed by atoms with E-state index in [0.717, 1.165) is 0 Å². The zero-order valence-corrected chi connectivity index (χ0v) is 26.4. The molecular formula is C25H46N10O7S2. The summed E-state index contributed by atoms with van der Waals surface area (Å²) in [5, 5.41) is 19.5. The maximum Gasteiger partial charge on any atom is 0.326 e. The zero-order valence-electron chi connectivity index (χ0n) is 24.6. The molecule has 0 radical (unpaired) electrons. The number of nitrogens with two attached hydrogens (primary N) is 4. The molecule has 13 N–H and O–H groups in total. The van der Waals surface area contributed by atoms with Gasteiger partial charge in [-0.15, -0.1) is 0 Å². The second-order valence-electron chi connectivity index (χ2n) is 10.1. The van der Waals surface area contributed by atoms with Crippen LogP contribution in [0.2, 0.25) is 0 Å². The third-order valence-corrected chi connectivity index (χ3v) is 7.53. The molecule has 1 rings (SSSR count). The van der Waals surface area contributed by atoms with Crippen molar-refractivity contribution in [1.29, 1.82) is 0 Å². The van der Waals surface area contributed by atoms with Gasteiger partial charge in [0.15, 0.2) is 5.96 Å². The fraction of sp³-hybridized carbons (Fsp3) is 0.720. The smallest absolute Gasteiger partial charge is 0.326 e. The highest BCUT2D eigenvalue weighted by Crippen LogP contribution is 2.20. The number of likely N-dealkylation sites (tertiary alicyclic amines) is 1. The molecule has 0 aliphatic carbocycles. The van der Waals surface area contributed by atoms with Crippen LogP contribution < -0.4 is 44.2 Å². The van der Waals surface area contributed by atoms with Gasteiger partial charge in [-0.2, -0.15) is 25.3 Å². The molecule has 44 heavy (non-hydrogen) atoms. The fourth-order valence-corrected chi connectivity index (χ4v) is 4.98. The number of carbonyl (C=O) groups excluding carboxylic acids is 5. The average molecular weight is 663 g/mol. The second-order valence-corrected chi connectivity index (χ2v) is 10.9. The molecule has 0 aromatic carbocycles. The topological polar surface area (TPSA) is 290 Å². The molecule has 250 valence electrons. The average Bonchev–Trinajstić information content (AvgIpc) is 3.48. The number of nitrogens with zero attached hydrogens (tertiary/aromatic N) is 2. The number of nitrogens with one attached hydrogen (secondary N) is 4. The number of aliphatic carboxylic acids is 1. The van der Waals surface area contributed by atoms with E-state index >= 15 is 0 Å². The summed E-state index contributed by atoms with van der Waals surface area (Å²) in [5.74, 6) is -4.72. The molecule has 0 aromatic rings. The van der Waals surface area contributed by atoms with Crippen LogP contribution in [0.15, 0.2) is 4.99 Å². The van der Waals surface area contributed by atoms with Crippen LogP contribution in [0.5, 0.6) is 0 Å². The van der Waals surface area contributed by atoms with Crippen molar-refractivity contribution in [2.75, 3.05) is 37.7 Å². The molecule has 5 amide bonds. The van der Waals surface area contributed by atoms with Crippen molar-refractivity contribution in [3.63, 3.8) is 0 Å². The lowest BCUT2D eigenvalue weighted by Crippen LogP contribution is -2.59. The summed E-state index contributed by atoms with van der Waals surface area (Å²) in [6.07, 6.45) is 2.42. The van der Waals surface area contributed by atoms with E-state index in [1.54, 1.807) is 0 Å². The largest absolute Gasteiger partial charge is 0.480 e. The van der Waals surface area contributed by atoms with Gasteiger partial charge < -0.3 is 54.2 Å². The molecule has 1 heterocycles. The summed E-state index contributed by atoms with van der Waals surface area (Å²) in [4.78, 5) is 81.4. The van der Waals surface area contributed by atoms with Gasteiger partial charge in [-0.05, 0) is 51.5 Å². The Morgan fingerprint density at radius 2 is 1.43 bits per heavy atom. The van der Waals surface area contributed by atoms with Crippen molar-refractivity contribution in [1.82, 2.24) is 26.2 Å². The number of carboxylic acids is 1. The van der Waals surface area contributed by atoms with Gasteiger partial charge in [0.25, 0.3) is 0 Å². The number of hydrogen-bond acceptors (Lipinski definition) is 11. The van der Waals surface area contributed by atoms with Gasteiger partial charge in [0.2, 0.25) is 29.5 Å². The van der Waals surface area contributed by atoms with Gasteiger partial charge in [0, 0.05) is 24.6 Å². The lowest BCUT2D eigenvalue weighted by Gasteiger charge is -2.30. The Morgan fingerprint density at radius 1 is 0.841 bits per heavy atom. The molecule has 1 aliphatic heterocycles. The van der Waals surface area contributed by atoms with Crippen LogP contribution in [0.1, 0.15) is 44.9 Å². The second kappa shape index (κ2) is 20.6. The van der Waals surface area contributed by atoms with Gasteiger partial charge in [-0.1, -0.05) is 0 Å². The maximum absolute atomic E-state index is 13.7. The Kier molecular flexibility index (Phi) is 18.2. The molecule has 0 spiro atoms. The van der Waals surface area contributed by atoms with Crippen LogP contribution in [0.4, 0.5) is 0 Å². The van der Waals surface area contributed by atoms with Crippen LogP contribution in [-0.2, 0) is 28.8 Å². The SMILES string of the molecule is NCCCCC(NC(=O)C(CS)NC(=O)C1CCCN1C(=O)C(CCCN=C(N)N)NC(=O)C(CS)NC(=O)CN)C(=O)O. The molecular weight excluding hydrogens is 616 g/mol. The number of guanidine groups is 1. The van der Waals surface area contributed by atoms with Gasteiger partial charge >= 0.3 is 5.97 Å². The summed E-state index contributed by atoms with van der Waals surface area (Å²) in [5.41, 5.74) is 21.5. The van der Waals surface area contributed by atoms with Gasteiger partial charge in [0.05, 0.1) is 6.54 Å². The first-order chi connectivity index (χ1) is 20.9. The molecule has 5 atom stereocenters. The van der Waals surface area contributed by atoms with E-state index < -0.39 is 65.7 Å². The number of unbranched alkanes of at least 4 members (excludes halogenated alkanes) is 1. The minimum Gasteiger partial charge on any atom is -0.480 e. The number of thiol groups is 2. The Morgan fingerprint density at radius 3 is 1.98 bits per heavy atom. The molecule has 5 unspecified atom stereocenters. The predicted octanol–water partition coefficient (Wildman–Crippen LogP) is -4.00. The highest BCUT2D eigenvalue weighted by Gasteiger charge is 2.39. The molecule has 0 bridgehead atoms. The van der Waals surface area contributed by atoms with Crippen molar-refractivity contribution in [3.8, 4) is 0 Å². The summed E-state index contributed by atoms with van der Waals surface area (Å²) in [6, 6.07) is -5.47. The van der Waals surface area contributed by atoms with Crippen LogP contribution in [0, 0.1) is 0 Å². The Balaban J connectivity index is 3.04. The van der Waals surface area contributed by atoms with E-state index in [1.807, 2.05) is 0 Å². The predicted molar refractivity (Wildman–Crippen MR) is 170 cm³/mol. The van der Waals surface area contributed by atoms with Gasteiger partial charge in [-0.3, -0.25) is 29.0 Å². The van der Waals surface area contributed by atoms with E-state index in [0.29, 0.717) is 32.2 Å². The number of carboxylic acid groups (broad SMARTS) is 1. The third-order valence-electron chi connectivity index (χ3n) is 6.80. The van der Waals surface area contributed by atoms with Crippen LogP contribution >= 0.6 is 25.3 Å². The van der Waals surface area contributed by atoms with Crippen molar-refractivity contribution in [3.05, 3.63) is 0 Å². The van der Waals surface area contributed by atoms with Crippen LogP contribution in [0.25, 0.3) is 0 Å². The van der Waals surface area contributed by atoms with Gasteiger partial charge in [-0.25, -0.2) is 4.79 Å². The molecule has 19 heteroatoms. The van der Waals surface area contributed by atoms with E-state index in [2.05, 4.69) is 51.5 Å². The fourth-order valence-electron chi connectivity index (χ4n) is 4.47. The van der Waals surface area contributed by atoms with Crippen LogP contribution in [-0.4, -0.2) is 119 Å². The summed E-state index contributed by atoms with van der Waals surface area (Å²) in [6.45, 7) is 0.415. The summed E-state index contributed by atoms with van der Waals surface area (Å²) < 4.78 is 0. The van der Waals surface area contributed by atoms with E-state index in [9.17, 15) is 33.9 Å². The highest BCUT2D eigenvalue weighted by molar-refractivity contribution is 7.80. The lowest BCUT2D eigenvalue weighted by molar-refractivity contribution is -0.143.